The standard InChI is InChI=1S/C28H34F3N3O5S/c29-28(30,31)20-14-22-24(35)16-25(40-26(22)23(15-20)34(37)38)33-12-10-32(11-13-33)17-18-6-8-21(9-7-18)39-27(36)19-4-2-1-3-5-19/h14-16,18-19,21H,1-13,17H2. The number of carbonyl (C=O) groups excluding carboxylic acids is 1. The summed E-state index contributed by atoms with van der Waals surface area (Å²) in [5.41, 5.74) is -2.55. The predicted octanol–water partition coefficient (Wildman–Crippen LogP) is 5.99. The lowest BCUT2D eigenvalue weighted by molar-refractivity contribution is -0.383. The first-order valence-electron chi connectivity index (χ1n) is 14.1. The van der Waals surface area contributed by atoms with Crippen LogP contribution in [-0.2, 0) is 15.7 Å². The van der Waals surface area contributed by atoms with E-state index in [2.05, 4.69) is 4.90 Å². The van der Waals surface area contributed by atoms with Crippen LogP contribution < -0.4 is 10.3 Å². The van der Waals surface area contributed by atoms with Gasteiger partial charge >= 0.3 is 12.1 Å². The number of halogens is 3. The van der Waals surface area contributed by atoms with E-state index < -0.39 is 27.8 Å². The highest BCUT2D eigenvalue weighted by Gasteiger charge is 2.34. The number of piperazine rings is 1. The molecule has 0 atom stereocenters. The summed E-state index contributed by atoms with van der Waals surface area (Å²) < 4.78 is 45.6. The Labute approximate surface area is 234 Å². The molecule has 0 unspecified atom stereocenters. The number of carbonyl (C=O) groups is 1. The number of anilines is 1. The minimum absolute atomic E-state index is 0.0126. The lowest BCUT2D eigenvalue weighted by Crippen LogP contribution is -2.48. The Balaban J connectivity index is 1.16. The number of nitro groups is 1. The summed E-state index contributed by atoms with van der Waals surface area (Å²) in [6, 6.07) is 2.50. The van der Waals surface area contributed by atoms with Crippen molar-refractivity contribution in [2.75, 3.05) is 37.6 Å². The van der Waals surface area contributed by atoms with Gasteiger partial charge in [-0.15, -0.1) is 11.3 Å². The van der Waals surface area contributed by atoms with E-state index in [-0.39, 0.29) is 28.1 Å². The fraction of sp³-hybridized carbons (Fsp3) is 0.643. The fourth-order valence-corrected chi connectivity index (χ4v) is 7.42. The molecular weight excluding hydrogens is 547 g/mol. The quantitative estimate of drug-likeness (QED) is 0.235. The maximum absolute atomic E-state index is 13.3. The summed E-state index contributed by atoms with van der Waals surface area (Å²) in [6.45, 7) is 3.68. The monoisotopic (exact) mass is 581 g/mol. The Bertz CT molecular complexity index is 1290. The Morgan fingerprint density at radius 3 is 2.30 bits per heavy atom. The highest BCUT2D eigenvalue weighted by atomic mass is 32.1. The first kappa shape index (κ1) is 28.8. The minimum Gasteiger partial charge on any atom is -0.462 e. The molecule has 0 radical (unpaired) electrons. The number of esters is 1. The number of benzene rings is 1. The van der Waals surface area contributed by atoms with Gasteiger partial charge in [-0.25, -0.2) is 0 Å². The van der Waals surface area contributed by atoms with E-state index in [0.29, 0.717) is 36.1 Å². The molecule has 0 N–H and O–H groups in total. The summed E-state index contributed by atoms with van der Waals surface area (Å²) in [6.07, 6.45) is 4.38. The molecule has 218 valence electrons. The van der Waals surface area contributed by atoms with Crippen molar-refractivity contribution in [1.82, 2.24) is 4.90 Å². The van der Waals surface area contributed by atoms with Crippen molar-refractivity contribution in [3.8, 4) is 0 Å². The molecule has 0 spiro atoms. The first-order chi connectivity index (χ1) is 19.1. The Hall–Kier alpha value is -2.73. The summed E-state index contributed by atoms with van der Waals surface area (Å²) >= 11 is 0.991. The Morgan fingerprint density at radius 2 is 1.68 bits per heavy atom. The van der Waals surface area contributed by atoms with Crippen LogP contribution in [0.5, 0.6) is 0 Å². The number of fused-ring (bicyclic) bond motifs is 1. The number of non-ortho nitro benzene ring substituents is 1. The van der Waals surface area contributed by atoms with Gasteiger partial charge in [0.05, 0.1) is 21.4 Å². The largest absolute Gasteiger partial charge is 0.462 e. The zero-order valence-corrected chi connectivity index (χ0v) is 23.1. The number of hydrogen-bond donors (Lipinski definition) is 0. The average molecular weight is 582 g/mol. The van der Waals surface area contributed by atoms with Gasteiger partial charge in [0.2, 0.25) is 0 Å². The number of nitro benzene ring substituents is 1. The highest BCUT2D eigenvalue weighted by molar-refractivity contribution is 7.22. The van der Waals surface area contributed by atoms with Crippen LogP contribution >= 0.6 is 11.3 Å². The molecule has 8 nitrogen and oxygen atoms in total. The number of ether oxygens (including phenoxy) is 1. The molecule has 3 aliphatic rings. The lowest BCUT2D eigenvalue weighted by Gasteiger charge is -2.38. The molecule has 12 heteroatoms. The second-order valence-corrected chi connectivity index (χ2v) is 12.3. The zero-order chi connectivity index (χ0) is 28.4. The summed E-state index contributed by atoms with van der Waals surface area (Å²) in [5, 5.41) is 11.8. The maximum atomic E-state index is 13.3. The molecule has 0 amide bonds. The SMILES string of the molecule is O=C(OC1CCC(CN2CCN(c3cc(=O)c4cc(C(F)(F)F)cc([N+](=O)[O-])c4s3)CC2)CC1)C1CCCCC1. The minimum atomic E-state index is -4.79. The van der Waals surface area contributed by atoms with Crippen LogP contribution in [0.4, 0.5) is 23.9 Å². The van der Waals surface area contributed by atoms with Gasteiger partial charge in [-0.3, -0.25) is 24.6 Å². The van der Waals surface area contributed by atoms with Crippen LogP contribution in [0.1, 0.15) is 63.4 Å². The molecule has 1 saturated heterocycles. The summed E-state index contributed by atoms with van der Waals surface area (Å²) in [4.78, 5) is 40.3. The van der Waals surface area contributed by atoms with Crippen molar-refractivity contribution in [1.29, 1.82) is 0 Å². The fourth-order valence-electron chi connectivity index (χ4n) is 6.23. The number of rotatable bonds is 6. The molecule has 40 heavy (non-hydrogen) atoms. The van der Waals surface area contributed by atoms with Crippen LogP contribution in [0.3, 0.4) is 0 Å². The third kappa shape index (κ3) is 6.59. The molecule has 5 rings (SSSR count). The smallest absolute Gasteiger partial charge is 0.416 e. The van der Waals surface area contributed by atoms with Crippen molar-refractivity contribution in [2.24, 2.45) is 11.8 Å². The molecule has 0 bridgehead atoms. The van der Waals surface area contributed by atoms with Gasteiger partial charge in [-0.1, -0.05) is 19.3 Å². The van der Waals surface area contributed by atoms with E-state index in [4.69, 9.17) is 4.74 Å². The zero-order valence-electron chi connectivity index (χ0n) is 22.3. The lowest BCUT2D eigenvalue weighted by atomic mass is 9.86. The number of alkyl halides is 3. The van der Waals surface area contributed by atoms with Crippen molar-refractivity contribution in [3.05, 3.63) is 44.1 Å². The molecule has 1 aromatic carbocycles. The van der Waals surface area contributed by atoms with Gasteiger partial charge in [-0.05, 0) is 50.5 Å². The first-order valence-corrected chi connectivity index (χ1v) is 14.9. The van der Waals surface area contributed by atoms with Crippen molar-refractivity contribution >= 4 is 38.1 Å². The summed E-state index contributed by atoms with van der Waals surface area (Å²) in [7, 11) is 0. The third-order valence-corrected chi connectivity index (χ3v) is 9.75. The molecule has 2 saturated carbocycles. The van der Waals surface area contributed by atoms with E-state index in [1.54, 1.807) is 0 Å². The Morgan fingerprint density at radius 1 is 1.00 bits per heavy atom. The third-order valence-electron chi connectivity index (χ3n) is 8.54. The van der Waals surface area contributed by atoms with Gasteiger partial charge in [0.15, 0.2) is 5.43 Å². The van der Waals surface area contributed by atoms with Gasteiger partial charge in [0.1, 0.15) is 10.8 Å². The topological polar surface area (TPSA) is 93.0 Å². The summed E-state index contributed by atoms with van der Waals surface area (Å²) in [5.74, 6) is 0.590. The molecule has 3 fully saturated rings. The van der Waals surface area contributed by atoms with Crippen LogP contribution in [0.25, 0.3) is 10.1 Å². The predicted molar refractivity (Wildman–Crippen MR) is 147 cm³/mol. The van der Waals surface area contributed by atoms with Crippen LogP contribution in [0, 0.1) is 22.0 Å². The van der Waals surface area contributed by atoms with Crippen molar-refractivity contribution in [2.45, 2.75) is 70.1 Å². The van der Waals surface area contributed by atoms with E-state index in [1.807, 2.05) is 4.90 Å². The Kier molecular flexibility index (Phi) is 8.65. The van der Waals surface area contributed by atoms with Crippen LogP contribution in [0.15, 0.2) is 23.0 Å². The van der Waals surface area contributed by atoms with Gasteiger partial charge < -0.3 is 9.64 Å². The molecule has 1 aliphatic heterocycles. The van der Waals surface area contributed by atoms with Gasteiger partial charge in [-0.2, -0.15) is 13.2 Å². The molecule has 1 aromatic heterocycles. The van der Waals surface area contributed by atoms with Crippen molar-refractivity contribution in [3.63, 3.8) is 0 Å². The molecule has 2 heterocycles. The van der Waals surface area contributed by atoms with E-state index in [1.165, 1.54) is 12.5 Å². The maximum Gasteiger partial charge on any atom is 0.416 e. The van der Waals surface area contributed by atoms with E-state index in [0.717, 1.165) is 82.3 Å². The van der Waals surface area contributed by atoms with Crippen molar-refractivity contribution < 1.29 is 27.6 Å². The molecule has 2 aliphatic carbocycles. The number of hydrogen-bond acceptors (Lipinski definition) is 8. The molecule has 2 aromatic rings. The van der Waals surface area contributed by atoms with E-state index in [9.17, 15) is 32.9 Å². The average Bonchev–Trinajstić information content (AvgIpc) is 2.94. The van der Waals surface area contributed by atoms with Gasteiger partial charge in [0.25, 0.3) is 5.69 Å². The second-order valence-electron chi connectivity index (χ2n) is 11.3. The van der Waals surface area contributed by atoms with Crippen LogP contribution in [0.2, 0.25) is 0 Å². The second kappa shape index (κ2) is 12.0. The van der Waals surface area contributed by atoms with Gasteiger partial charge in [0, 0.05) is 50.2 Å². The number of nitrogens with zero attached hydrogens (tertiary/aromatic N) is 3. The van der Waals surface area contributed by atoms with E-state index >= 15 is 0 Å². The van der Waals surface area contributed by atoms with Crippen LogP contribution in [-0.4, -0.2) is 54.6 Å². The molecular formula is C28H34F3N3O5S. The highest BCUT2D eigenvalue weighted by Crippen LogP contribution is 2.39. The normalized spacial score (nSPS) is 23.3.